The summed E-state index contributed by atoms with van der Waals surface area (Å²) in [5, 5.41) is 16.1. The Morgan fingerprint density at radius 1 is 1.53 bits per heavy atom. The highest BCUT2D eigenvalue weighted by molar-refractivity contribution is 7.99. The van der Waals surface area contributed by atoms with E-state index >= 15 is 0 Å². The summed E-state index contributed by atoms with van der Waals surface area (Å²) < 4.78 is 1.64. The molecule has 0 radical (unpaired) electrons. The number of carboxylic acid groups (broad SMARTS) is 1. The van der Waals surface area contributed by atoms with Crippen molar-refractivity contribution in [2.24, 2.45) is 0 Å². The quantitative estimate of drug-likeness (QED) is 0.860. The molecule has 0 atom stereocenters. The van der Waals surface area contributed by atoms with Gasteiger partial charge in [-0.2, -0.15) is 16.9 Å². The molecule has 1 aromatic heterocycles. The number of carbonyl (C=O) groups excluding carboxylic acids is 1. The Balaban J connectivity index is 2.12. The van der Waals surface area contributed by atoms with Gasteiger partial charge in [-0.1, -0.05) is 0 Å². The molecule has 1 aromatic rings. The molecule has 1 saturated heterocycles. The lowest BCUT2D eigenvalue weighted by Crippen LogP contribution is -2.56. The van der Waals surface area contributed by atoms with Crippen molar-refractivity contribution in [3.8, 4) is 0 Å². The van der Waals surface area contributed by atoms with Crippen LogP contribution in [0.4, 0.5) is 0 Å². The van der Waals surface area contributed by atoms with Crippen LogP contribution < -0.4 is 5.32 Å². The number of hydrogen-bond acceptors (Lipinski definition) is 4. The van der Waals surface area contributed by atoms with Crippen molar-refractivity contribution in [3.63, 3.8) is 0 Å². The van der Waals surface area contributed by atoms with E-state index in [1.807, 2.05) is 6.92 Å². The predicted molar refractivity (Wildman–Crippen MR) is 72.3 cm³/mol. The van der Waals surface area contributed by atoms with E-state index in [9.17, 15) is 14.7 Å². The fraction of sp³-hybridized carbons (Fsp3) is 0.583. The smallest absolute Gasteiger partial charge is 0.329 e. The summed E-state index contributed by atoms with van der Waals surface area (Å²) in [6.07, 6.45) is 4.01. The molecule has 1 fully saturated rings. The summed E-state index contributed by atoms with van der Waals surface area (Å²) >= 11 is 1.71. The molecule has 6 nitrogen and oxygen atoms in total. The lowest BCUT2D eigenvalue weighted by atomic mass is 9.92. The molecule has 1 amide bonds. The number of hydrogen-bond donors (Lipinski definition) is 2. The standard InChI is InChI=1S/C12H17N3O3S/c1-2-15-8-9(7-13-15)10(16)14-12(11(17)18)3-5-19-6-4-12/h7-8H,2-6H2,1H3,(H,14,16)(H,17,18). The predicted octanol–water partition coefficient (Wildman–Crippen LogP) is 0.983. The highest BCUT2D eigenvalue weighted by Crippen LogP contribution is 2.27. The number of amides is 1. The summed E-state index contributed by atoms with van der Waals surface area (Å²) in [4.78, 5) is 23.6. The van der Waals surface area contributed by atoms with Gasteiger partial charge in [-0.15, -0.1) is 0 Å². The third kappa shape index (κ3) is 2.91. The Labute approximate surface area is 115 Å². The minimum absolute atomic E-state index is 0.367. The van der Waals surface area contributed by atoms with Crippen LogP contribution in [-0.2, 0) is 11.3 Å². The van der Waals surface area contributed by atoms with Crippen LogP contribution in [0.2, 0.25) is 0 Å². The van der Waals surface area contributed by atoms with Crippen molar-refractivity contribution in [3.05, 3.63) is 18.0 Å². The normalized spacial score (nSPS) is 17.9. The van der Waals surface area contributed by atoms with Crippen molar-refractivity contribution < 1.29 is 14.7 Å². The summed E-state index contributed by atoms with van der Waals surface area (Å²) in [5.74, 6) is 0.180. The van der Waals surface area contributed by atoms with Gasteiger partial charge in [0, 0.05) is 12.7 Å². The van der Waals surface area contributed by atoms with Gasteiger partial charge < -0.3 is 10.4 Å². The molecular weight excluding hydrogens is 266 g/mol. The van der Waals surface area contributed by atoms with Gasteiger partial charge in [-0.25, -0.2) is 4.79 Å². The zero-order valence-electron chi connectivity index (χ0n) is 10.8. The second-order valence-corrected chi connectivity index (χ2v) is 5.76. The minimum Gasteiger partial charge on any atom is -0.480 e. The average Bonchev–Trinajstić information content (AvgIpc) is 2.88. The van der Waals surface area contributed by atoms with Crippen LogP contribution >= 0.6 is 11.8 Å². The minimum atomic E-state index is -1.13. The van der Waals surface area contributed by atoms with Gasteiger partial charge in [0.25, 0.3) is 5.91 Å². The Hall–Kier alpha value is -1.50. The first kappa shape index (κ1) is 13.9. The molecule has 2 heterocycles. The van der Waals surface area contributed by atoms with Crippen LogP contribution in [0, 0.1) is 0 Å². The largest absolute Gasteiger partial charge is 0.480 e. The van der Waals surface area contributed by atoms with E-state index in [1.165, 1.54) is 6.20 Å². The van der Waals surface area contributed by atoms with Crippen molar-refractivity contribution in [2.45, 2.75) is 31.8 Å². The van der Waals surface area contributed by atoms with Gasteiger partial charge in [-0.05, 0) is 31.3 Å². The number of carbonyl (C=O) groups is 2. The van der Waals surface area contributed by atoms with E-state index in [4.69, 9.17) is 0 Å². The van der Waals surface area contributed by atoms with Crippen LogP contribution in [0.5, 0.6) is 0 Å². The summed E-state index contributed by atoms with van der Waals surface area (Å²) in [6.45, 7) is 2.60. The Morgan fingerprint density at radius 2 is 2.21 bits per heavy atom. The number of aromatic nitrogens is 2. The highest BCUT2D eigenvalue weighted by atomic mass is 32.2. The lowest BCUT2D eigenvalue weighted by Gasteiger charge is -2.33. The SMILES string of the molecule is CCn1cc(C(=O)NC2(C(=O)O)CCSCC2)cn1. The molecule has 2 rings (SSSR count). The van der Waals surface area contributed by atoms with E-state index in [0.29, 0.717) is 24.9 Å². The van der Waals surface area contributed by atoms with Crippen LogP contribution in [-0.4, -0.2) is 43.8 Å². The van der Waals surface area contributed by atoms with Gasteiger partial charge in [0.2, 0.25) is 0 Å². The lowest BCUT2D eigenvalue weighted by molar-refractivity contribution is -0.144. The van der Waals surface area contributed by atoms with E-state index < -0.39 is 11.5 Å². The second-order valence-electron chi connectivity index (χ2n) is 4.54. The zero-order valence-corrected chi connectivity index (χ0v) is 11.6. The molecule has 19 heavy (non-hydrogen) atoms. The van der Waals surface area contributed by atoms with Gasteiger partial charge in [0.1, 0.15) is 5.54 Å². The topological polar surface area (TPSA) is 84.2 Å². The molecule has 0 unspecified atom stereocenters. The fourth-order valence-corrected chi connectivity index (χ4v) is 3.25. The third-order valence-corrected chi connectivity index (χ3v) is 4.31. The number of nitrogens with one attached hydrogen (secondary N) is 1. The number of aliphatic carboxylic acids is 1. The maximum absolute atomic E-state index is 12.1. The fourth-order valence-electron chi connectivity index (χ4n) is 2.06. The maximum atomic E-state index is 12.1. The van der Waals surface area contributed by atoms with Crippen molar-refractivity contribution in [2.75, 3.05) is 11.5 Å². The molecule has 0 aliphatic carbocycles. The monoisotopic (exact) mass is 283 g/mol. The second kappa shape index (κ2) is 5.64. The molecule has 0 bridgehead atoms. The highest BCUT2D eigenvalue weighted by Gasteiger charge is 2.41. The van der Waals surface area contributed by atoms with Crippen molar-refractivity contribution in [1.82, 2.24) is 15.1 Å². The summed E-state index contributed by atoms with van der Waals surface area (Å²) in [6, 6.07) is 0. The Bertz CT molecular complexity index is 480. The van der Waals surface area contributed by atoms with Crippen molar-refractivity contribution >= 4 is 23.6 Å². The first-order valence-electron chi connectivity index (χ1n) is 6.23. The molecule has 1 aliphatic heterocycles. The average molecular weight is 283 g/mol. The number of rotatable bonds is 4. The molecule has 0 spiro atoms. The van der Waals surface area contributed by atoms with E-state index in [2.05, 4.69) is 10.4 Å². The first-order valence-corrected chi connectivity index (χ1v) is 7.39. The van der Waals surface area contributed by atoms with Gasteiger partial charge in [-0.3, -0.25) is 9.48 Å². The third-order valence-electron chi connectivity index (χ3n) is 3.33. The number of aryl methyl sites for hydroxylation is 1. The zero-order chi connectivity index (χ0) is 13.9. The Kier molecular flexibility index (Phi) is 4.14. The molecule has 1 aliphatic rings. The molecule has 104 valence electrons. The van der Waals surface area contributed by atoms with E-state index in [0.717, 1.165) is 11.5 Å². The van der Waals surface area contributed by atoms with Crippen LogP contribution in [0.1, 0.15) is 30.1 Å². The molecular formula is C12H17N3O3S. The molecule has 0 aromatic carbocycles. The summed E-state index contributed by atoms with van der Waals surface area (Å²) in [7, 11) is 0. The number of nitrogens with zero attached hydrogens (tertiary/aromatic N) is 2. The van der Waals surface area contributed by atoms with Gasteiger partial charge in [0.05, 0.1) is 11.8 Å². The first-order chi connectivity index (χ1) is 9.07. The maximum Gasteiger partial charge on any atom is 0.329 e. The Morgan fingerprint density at radius 3 is 2.74 bits per heavy atom. The molecule has 2 N–H and O–H groups in total. The van der Waals surface area contributed by atoms with Crippen LogP contribution in [0.25, 0.3) is 0 Å². The number of carboxylic acids is 1. The van der Waals surface area contributed by atoms with Gasteiger partial charge >= 0.3 is 5.97 Å². The van der Waals surface area contributed by atoms with Crippen LogP contribution in [0.15, 0.2) is 12.4 Å². The van der Waals surface area contributed by atoms with E-state index in [1.54, 1.807) is 22.6 Å². The van der Waals surface area contributed by atoms with Crippen molar-refractivity contribution in [1.29, 1.82) is 0 Å². The van der Waals surface area contributed by atoms with Crippen LogP contribution in [0.3, 0.4) is 0 Å². The molecule has 0 saturated carbocycles. The van der Waals surface area contributed by atoms with E-state index in [-0.39, 0.29) is 5.91 Å². The van der Waals surface area contributed by atoms with Gasteiger partial charge in [0.15, 0.2) is 0 Å². The molecule has 7 heteroatoms. The summed E-state index contributed by atoms with van der Waals surface area (Å²) in [5.41, 5.74) is -0.725. The number of thioether (sulfide) groups is 1.